The van der Waals surface area contributed by atoms with Crippen LogP contribution in [0.2, 0.25) is 0 Å². The van der Waals surface area contributed by atoms with Crippen molar-refractivity contribution in [2.75, 3.05) is 13.2 Å². The van der Waals surface area contributed by atoms with Gasteiger partial charge in [0.15, 0.2) is 5.11 Å². The van der Waals surface area contributed by atoms with E-state index in [-0.39, 0.29) is 18.0 Å². The maximum absolute atomic E-state index is 13.3. The van der Waals surface area contributed by atoms with E-state index >= 15 is 0 Å². The van der Waals surface area contributed by atoms with Crippen molar-refractivity contribution < 1.29 is 9.13 Å². The van der Waals surface area contributed by atoms with Crippen molar-refractivity contribution in [1.82, 2.24) is 10.2 Å². The second-order valence-electron chi connectivity index (χ2n) is 5.75. The topological polar surface area (TPSA) is 24.5 Å². The first kappa shape index (κ1) is 16.2. The number of rotatable bonds is 5. The van der Waals surface area contributed by atoms with E-state index in [9.17, 15) is 4.39 Å². The van der Waals surface area contributed by atoms with Crippen LogP contribution in [0.15, 0.2) is 24.3 Å². The van der Waals surface area contributed by atoms with Gasteiger partial charge in [-0.3, -0.25) is 0 Å². The molecule has 0 saturated carbocycles. The minimum Gasteiger partial charge on any atom is -0.376 e. The standard InChI is InChI=1S/C16H23FN2OS/c1-12(2)18-16(21)19(11-15-7-4-8-20-15)10-13-5-3-6-14(17)9-13/h3,5-6,9,12,15H,4,7-8,10-11H2,1-2H3,(H,18,21). The normalized spacial score (nSPS) is 18.0. The Hall–Kier alpha value is -1.20. The van der Waals surface area contributed by atoms with Gasteiger partial charge in [-0.25, -0.2) is 4.39 Å². The van der Waals surface area contributed by atoms with Crippen LogP contribution in [-0.4, -0.2) is 35.3 Å². The van der Waals surface area contributed by atoms with E-state index in [2.05, 4.69) is 24.1 Å². The van der Waals surface area contributed by atoms with Crippen LogP contribution in [-0.2, 0) is 11.3 Å². The van der Waals surface area contributed by atoms with Crippen LogP contribution < -0.4 is 5.32 Å². The van der Waals surface area contributed by atoms with Gasteiger partial charge in [-0.15, -0.1) is 0 Å². The van der Waals surface area contributed by atoms with E-state index in [0.717, 1.165) is 31.6 Å². The van der Waals surface area contributed by atoms with Gasteiger partial charge in [0.2, 0.25) is 0 Å². The van der Waals surface area contributed by atoms with Crippen LogP contribution in [0.5, 0.6) is 0 Å². The smallest absolute Gasteiger partial charge is 0.169 e. The van der Waals surface area contributed by atoms with E-state index in [1.165, 1.54) is 6.07 Å². The number of hydrogen-bond donors (Lipinski definition) is 1. The minimum atomic E-state index is -0.215. The summed E-state index contributed by atoms with van der Waals surface area (Å²) in [6.45, 7) is 6.27. The largest absolute Gasteiger partial charge is 0.376 e. The molecule has 2 rings (SSSR count). The molecule has 3 nitrogen and oxygen atoms in total. The summed E-state index contributed by atoms with van der Waals surface area (Å²) in [6, 6.07) is 6.94. The molecule has 0 spiro atoms. The number of halogens is 1. The molecule has 5 heteroatoms. The summed E-state index contributed by atoms with van der Waals surface area (Å²) in [5, 5.41) is 3.96. The van der Waals surface area contributed by atoms with Crippen molar-refractivity contribution in [3.05, 3.63) is 35.6 Å². The van der Waals surface area contributed by atoms with E-state index in [1.807, 2.05) is 6.07 Å². The van der Waals surface area contributed by atoms with Crippen LogP contribution in [0, 0.1) is 5.82 Å². The van der Waals surface area contributed by atoms with Crippen LogP contribution in [0.3, 0.4) is 0 Å². The summed E-state index contributed by atoms with van der Waals surface area (Å²) >= 11 is 5.48. The highest BCUT2D eigenvalue weighted by Gasteiger charge is 2.21. The highest BCUT2D eigenvalue weighted by molar-refractivity contribution is 7.80. The lowest BCUT2D eigenvalue weighted by atomic mass is 10.2. The Kier molecular flexibility index (Phi) is 5.94. The lowest BCUT2D eigenvalue weighted by Gasteiger charge is -2.29. The molecule has 1 saturated heterocycles. The molecule has 1 aliphatic rings. The Bertz CT molecular complexity index is 475. The van der Waals surface area contributed by atoms with Crippen molar-refractivity contribution >= 4 is 17.3 Å². The third-order valence-corrected chi connectivity index (χ3v) is 3.79. The Labute approximate surface area is 131 Å². The van der Waals surface area contributed by atoms with Crippen molar-refractivity contribution in [2.24, 2.45) is 0 Å². The molecule has 0 bridgehead atoms. The summed E-state index contributed by atoms with van der Waals surface area (Å²) in [5.74, 6) is -0.215. The quantitative estimate of drug-likeness (QED) is 0.845. The molecule has 0 radical (unpaired) electrons. The molecule has 21 heavy (non-hydrogen) atoms. The molecule has 1 N–H and O–H groups in total. The van der Waals surface area contributed by atoms with Gasteiger partial charge < -0.3 is 15.0 Å². The first-order chi connectivity index (χ1) is 10.0. The van der Waals surface area contributed by atoms with E-state index in [1.54, 1.807) is 12.1 Å². The summed E-state index contributed by atoms with van der Waals surface area (Å²) in [6.07, 6.45) is 2.37. The van der Waals surface area contributed by atoms with Gasteiger partial charge in [0.1, 0.15) is 5.82 Å². The van der Waals surface area contributed by atoms with E-state index in [0.29, 0.717) is 11.7 Å². The highest BCUT2D eigenvalue weighted by atomic mass is 32.1. The molecular weight excluding hydrogens is 287 g/mol. The molecule has 1 heterocycles. The molecule has 0 amide bonds. The van der Waals surface area contributed by atoms with Crippen LogP contribution in [0.1, 0.15) is 32.3 Å². The summed E-state index contributed by atoms with van der Waals surface area (Å²) in [5.41, 5.74) is 0.918. The van der Waals surface area contributed by atoms with Crippen molar-refractivity contribution in [1.29, 1.82) is 0 Å². The Balaban J connectivity index is 2.04. The third-order valence-electron chi connectivity index (χ3n) is 3.41. The number of ether oxygens (including phenoxy) is 1. The van der Waals surface area contributed by atoms with Gasteiger partial charge in [-0.1, -0.05) is 12.1 Å². The molecule has 1 unspecified atom stereocenters. The van der Waals surface area contributed by atoms with Crippen LogP contribution in [0.4, 0.5) is 4.39 Å². The highest BCUT2D eigenvalue weighted by Crippen LogP contribution is 2.16. The molecule has 1 aromatic carbocycles. The fourth-order valence-corrected chi connectivity index (χ4v) is 2.82. The average molecular weight is 310 g/mol. The predicted molar refractivity (Wildman–Crippen MR) is 86.7 cm³/mol. The fraction of sp³-hybridized carbons (Fsp3) is 0.562. The molecule has 0 aromatic heterocycles. The summed E-state index contributed by atoms with van der Waals surface area (Å²) < 4.78 is 19.0. The second-order valence-corrected chi connectivity index (χ2v) is 6.14. The van der Waals surface area contributed by atoms with Gasteiger partial charge in [0, 0.05) is 25.7 Å². The molecule has 0 aliphatic carbocycles. The Morgan fingerprint density at radius 2 is 2.33 bits per heavy atom. The van der Waals surface area contributed by atoms with Gasteiger partial charge in [-0.2, -0.15) is 0 Å². The molecule has 1 aromatic rings. The average Bonchev–Trinajstić information content (AvgIpc) is 2.90. The molecule has 116 valence electrons. The van der Waals surface area contributed by atoms with E-state index in [4.69, 9.17) is 17.0 Å². The van der Waals surface area contributed by atoms with Crippen molar-refractivity contribution in [2.45, 2.75) is 45.4 Å². The zero-order valence-electron chi connectivity index (χ0n) is 12.6. The van der Waals surface area contributed by atoms with Gasteiger partial charge in [-0.05, 0) is 56.6 Å². The zero-order chi connectivity index (χ0) is 15.2. The number of nitrogens with zero attached hydrogens (tertiary/aromatic N) is 1. The summed E-state index contributed by atoms with van der Waals surface area (Å²) in [7, 11) is 0. The first-order valence-electron chi connectivity index (χ1n) is 7.46. The molecule has 1 atom stereocenters. The lowest BCUT2D eigenvalue weighted by molar-refractivity contribution is 0.0896. The molecule has 1 fully saturated rings. The maximum Gasteiger partial charge on any atom is 0.169 e. The first-order valence-corrected chi connectivity index (χ1v) is 7.87. The van der Waals surface area contributed by atoms with Gasteiger partial charge >= 0.3 is 0 Å². The number of thiocarbonyl (C=S) groups is 1. The van der Waals surface area contributed by atoms with Crippen LogP contribution in [0.25, 0.3) is 0 Å². The van der Waals surface area contributed by atoms with Crippen molar-refractivity contribution in [3.63, 3.8) is 0 Å². The number of benzene rings is 1. The lowest BCUT2D eigenvalue weighted by Crippen LogP contribution is -2.45. The number of nitrogens with one attached hydrogen (secondary N) is 1. The predicted octanol–water partition coefficient (Wildman–Crippen LogP) is 3.09. The fourth-order valence-electron chi connectivity index (χ4n) is 2.45. The Morgan fingerprint density at radius 3 is 2.95 bits per heavy atom. The van der Waals surface area contributed by atoms with Crippen LogP contribution >= 0.6 is 12.2 Å². The zero-order valence-corrected chi connectivity index (χ0v) is 13.5. The van der Waals surface area contributed by atoms with Gasteiger partial charge in [0.05, 0.1) is 6.10 Å². The SMILES string of the molecule is CC(C)NC(=S)N(Cc1cccc(F)c1)CC1CCCO1. The minimum absolute atomic E-state index is 0.213. The molecule has 1 aliphatic heterocycles. The van der Waals surface area contributed by atoms with Crippen molar-refractivity contribution in [3.8, 4) is 0 Å². The van der Waals surface area contributed by atoms with Gasteiger partial charge in [0.25, 0.3) is 0 Å². The monoisotopic (exact) mass is 310 g/mol. The summed E-state index contributed by atoms with van der Waals surface area (Å²) in [4.78, 5) is 2.07. The maximum atomic E-state index is 13.3. The van der Waals surface area contributed by atoms with E-state index < -0.39 is 0 Å². The molecular formula is C16H23FN2OS. The number of hydrogen-bond acceptors (Lipinski definition) is 2. The second kappa shape index (κ2) is 7.71. The Morgan fingerprint density at radius 1 is 1.52 bits per heavy atom. The third kappa shape index (κ3) is 5.25.